The second-order valence-electron chi connectivity index (χ2n) is 6.77. The van der Waals surface area contributed by atoms with Crippen LogP contribution in [-0.4, -0.2) is 53.8 Å². The lowest BCUT2D eigenvalue weighted by atomic mass is 9.99. The lowest BCUT2D eigenvalue weighted by molar-refractivity contribution is -0.385. The highest BCUT2D eigenvalue weighted by molar-refractivity contribution is 7.89. The molecule has 0 saturated carbocycles. The monoisotopic (exact) mass is 405 g/mol. The van der Waals surface area contributed by atoms with E-state index < -0.39 is 14.9 Å². The van der Waals surface area contributed by atoms with Crippen LogP contribution in [0.15, 0.2) is 41.6 Å². The van der Waals surface area contributed by atoms with Crippen LogP contribution in [0.25, 0.3) is 0 Å². The quantitative estimate of drug-likeness (QED) is 0.536. The number of nitro groups is 1. The third kappa shape index (κ3) is 4.12. The highest BCUT2D eigenvalue weighted by Gasteiger charge is 2.29. The fraction of sp³-hybridized carbons (Fsp3) is 0.444. The van der Waals surface area contributed by atoms with Crippen molar-refractivity contribution < 1.29 is 13.3 Å². The summed E-state index contributed by atoms with van der Waals surface area (Å²) >= 11 is 0. The smallest absolute Gasteiger partial charge is 0.305 e. The summed E-state index contributed by atoms with van der Waals surface area (Å²) in [6, 6.07) is 7.09. The van der Waals surface area contributed by atoms with Gasteiger partial charge in [-0.15, -0.1) is 0 Å². The van der Waals surface area contributed by atoms with Gasteiger partial charge in [-0.2, -0.15) is 4.31 Å². The molecule has 1 unspecified atom stereocenters. The summed E-state index contributed by atoms with van der Waals surface area (Å²) in [4.78, 5) is 20.3. The Labute approximate surface area is 164 Å². The van der Waals surface area contributed by atoms with Gasteiger partial charge in [0.25, 0.3) is 0 Å². The summed E-state index contributed by atoms with van der Waals surface area (Å²) in [5.41, 5.74) is 0.951. The highest BCUT2D eigenvalue weighted by atomic mass is 32.2. The fourth-order valence-electron chi connectivity index (χ4n) is 3.05. The van der Waals surface area contributed by atoms with Gasteiger partial charge >= 0.3 is 5.69 Å². The standard InChI is InChI=1S/C18H23N5O4S/c1-3-14(2)15-4-6-17(7-5-15)28(26,27)22-10-8-21(9-11-22)18-19-12-16(13-20-18)23(24)25/h4-7,12-14H,3,8-11H2,1-2H3. The maximum atomic E-state index is 12.9. The normalized spacial score (nSPS) is 16.7. The number of nitrogens with zero attached hydrogens (tertiary/aromatic N) is 5. The minimum Gasteiger partial charge on any atom is -0.338 e. The van der Waals surface area contributed by atoms with Crippen LogP contribution in [0.2, 0.25) is 0 Å². The average Bonchev–Trinajstić information content (AvgIpc) is 2.73. The first-order valence-corrected chi connectivity index (χ1v) is 10.6. The van der Waals surface area contributed by atoms with Gasteiger partial charge in [0.1, 0.15) is 12.4 Å². The van der Waals surface area contributed by atoms with Gasteiger partial charge in [0.05, 0.1) is 9.82 Å². The topological polar surface area (TPSA) is 110 Å². The summed E-state index contributed by atoms with van der Waals surface area (Å²) < 4.78 is 27.3. The molecule has 0 radical (unpaired) electrons. The predicted molar refractivity (Wildman–Crippen MR) is 105 cm³/mol. The Morgan fingerprint density at radius 1 is 1.11 bits per heavy atom. The minimum atomic E-state index is -3.56. The molecule has 1 aliphatic heterocycles. The van der Waals surface area contributed by atoms with Gasteiger partial charge in [-0.1, -0.05) is 26.0 Å². The molecule has 2 aromatic rings. The molecule has 28 heavy (non-hydrogen) atoms. The van der Waals surface area contributed by atoms with Gasteiger partial charge < -0.3 is 4.90 Å². The van der Waals surface area contributed by atoms with Crippen LogP contribution in [-0.2, 0) is 10.0 Å². The molecule has 1 aliphatic rings. The number of hydrogen-bond donors (Lipinski definition) is 0. The van der Waals surface area contributed by atoms with Crippen molar-refractivity contribution in [3.05, 3.63) is 52.3 Å². The molecule has 3 rings (SSSR count). The maximum Gasteiger partial charge on any atom is 0.305 e. The molecule has 0 bridgehead atoms. The molecule has 150 valence electrons. The van der Waals surface area contributed by atoms with Gasteiger partial charge in [-0.25, -0.2) is 18.4 Å². The van der Waals surface area contributed by atoms with Crippen LogP contribution >= 0.6 is 0 Å². The van der Waals surface area contributed by atoms with Gasteiger partial charge in [0.2, 0.25) is 16.0 Å². The van der Waals surface area contributed by atoms with Crippen molar-refractivity contribution in [2.75, 3.05) is 31.1 Å². The first-order valence-electron chi connectivity index (χ1n) is 9.14. The number of aromatic nitrogens is 2. The third-order valence-electron chi connectivity index (χ3n) is 5.06. The Morgan fingerprint density at radius 3 is 2.18 bits per heavy atom. The average molecular weight is 405 g/mol. The number of benzene rings is 1. The van der Waals surface area contributed by atoms with E-state index in [-0.39, 0.29) is 5.69 Å². The van der Waals surface area contributed by atoms with Gasteiger partial charge in [-0.3, -0.25) is 10.1 Å². The summed E-state index contributed by atoms with van der Waals surface area (Å²) in [6.45, 7) is 5.65. The maximum absolute atomic E-state index is 12.9. The van der Waals surface area contributed by atoms with E-state index in [1.807, 2.05) is 17.0 Å². The zero-order chi connectivity index (χ0) is 20.3. The van der Waals surface area contributed by atoms with E-state index in [0.29, 0.717) is 42.9 Å². The number of rotatable bonds is 6. The number of piperazine rings is 1. The lowest BCUT2D eigenvalue weighted by Gasteiger charge is -2.33. The van der Waals surface area contributed by atoms with Crippen LogP contribution in [0.1, 0.15) is 31.7 Å². The summed E-state index contributed by atoms with van der Waals surface area (Å²) in [6.07, 6.45) is 3.31. The van der Waals surface area contributed by atoms with Gasteiger partial charge in [-0.05, 0) is 30.0 Å². The van der Waals surface area contributed by atoms with Gasteiger partial charge in [0, 0.05) is 26.2 Å². The van der Waals surface area contributed by atoms with E-state index >= 15 is 0 Å². The molecule has 0 spiro atoms. The van der Waals surface area contributed by atoms with Crippen LogP contribution < -0.4 is 4.90 Å². The number of anilines is 1. The molecule has 1 aromatic carbocycles. The third-order valence-corrected chi connectivity index (χ3v) is 6.97. The van der Waals surface area contributed by atoms with Crippen molar-refractivity contribution in [3.8, 4) is 0 Å². The van der Waals surface area contributed by atoms with E-state index in [2.05, 4.69) is 23.8 Å². The summed E-state index contributed by atoms with van der Waals surface area (Å²) in [5, 5.41) is 10.7. The zero-order valence-electron chi connectivity index (χ0n) is 15.9. The fourth-order valence-corrected chi connectivity index (χ4v) is 4.48. The van der Waals surface area contributed by atoms with E-state index in [1.165, 1.54) is 4.31 Å². The molecule has 2 heterocycles. The van der Waals surface area contributed by atoms with E-state index in [4.69, 9.17) is 0 Å². The van der Waals surface area contributed by atoms with Crippen molar-refractivity contribution >= 4 is 21.7 Å². The van der Waals surface area contributed by atoms with Crippen LogP contribution in [0.4, 0.5) is 11.6 Å². The molecular weight excluding hydrogens is 382 g/mol. The first-order chi connectivity index (χ1) is 13.3. The Balaban J connectivity index is 1.67. The Kier molecular flexibility index (Phi) is 5.90. The SMILES string of the molecule is CCC(C)c1ccc(S(=O)(=O)N2CCN(c3ncc([N+](=O)[O-])cn3)CC2)cc1. The van der Waals surface area contributed by atoms with Crippen molar-refractivity contribution in [2.45, 2.75) is 31.1 Å². The molecule has 1 aromatic heterocycles. The molecule has 1 fully saturated rings. The lowest BCUT2D eigenvalue weighted by Crippen LogP contribution is -2.49. The molecule has 0 amide bonds. The van der Waals surface area contributed by atoms with Crippen molar-refractivity contribution in [1.29, 1.82) is 0 Å². The minimum absolute atomic E-state index is 0.175. The van der Waals surface area contributed by atoms with E-state index in [9.17, 15) is 18.5 Å². The van der Waals surface area contributed by atoms with Gasteiger partial charge in [0.15, 0.2) is 0 Å². The largest absolute Gasteiger partial charge is 0.338 e. The Bertz CT molecular complexity index is 923. The molecule has 1 saturated heterocycles. The predicted octanol–water partition coefficient (Wildman–Crippen LogP) is 2.41. The van der Waals surface area contributed by atoms with E-state index in [0.717, 1.165) is 24.4 Å². The van der Waals surface area contributed by atoms with Crippen LogP contribution in [0.5, 0.6) is 0 Å². The highest BCUT2D eigenvalue weighted by Crippen LogP contribution is 2.23. The molecule has 9 nitrogen and oxygen atoms in total. The first kappa shape index (κ1) is 20.2. The molecular formula is C18H23N5O4S. The summed E-state index contributed by atoms with van der Waals surface area (Å²) in [7, 11) is -3.56. The van der Waals surface area contributed by atoms with Crippen molar-refractivity contribution in [1.82, 2.24) is 14.3 Å². The molecule has 0 N–H and O–H groups in total. The Hall–Kier alpha value is -2.59. The van der Waals surface area contributed by atoms with E-state index in [1.54, 1.807) is 12.1 Å². The molecule has 10 heteroatoms. The second-order valence-corrected chi connectivity index (χ2v) is 8.71. The molecule has 0 aliphatic carbocycles. The summed E-state index contributed by atoms with van der Waals surface area (Å²) in [5.74, 6) is 0.752. The zero-order valence-corrected chi connectivity index (χ0v) is 16.7. The number of sulfonamides is 1. The Morgan fingerprint density at radius 2 is 1.68 bits per heavy atom. The number of hydrogen-bond acceptors (Lipinski definition) is 7. The van der Waals surface area contributed by atoms with Crippen molar-refractivity contribution in [2.24, 2.45) is 0 Å². The van der Waals surface area contributed by atoms with Crippen molar-refractivity contribution in [3.63, 3.8) is 0 Å². The second kappa shape index (κ2) is 8.19. The van der Waals surface area contributed by atoms with Crippen LogP contribution in [0, 0.1) is 10.1 Å². The molecule has 1 atom stereocenters. The van der Waals surface area contributed by atoms with Crippen LogP contribution in [0.3, 0.4) is 0 Å².